The lowest BCUT2D eigenvalue weighted by atomic mass is 10.1. The van der Waals surface area contributed by atoms with Gasteiger partial charge >= 0.3 is 0 Å². The van der Waals surface area contributed by atoms with Crippen molar-refractivity contribution in [2.75, 3.05) is 37.7 Å². The molecular weight excluding hydrogens is 318 g/mol. The minimum absolute atomic E-state index is 0.146. The summed E-state index contributed by atoms with van der Waals surface area (Å²) in [4.78, 5) is 13.2. The van der Waals surface area contributed by atoms with Crippen molar-refractivity contribution in [3.8, 4) is 6.07 Å². The third kappa shape index (κ3) is 3.36. The van der Waals surface area contributed by atoms with E-state index in [0.717, 1.165) is 44.3 Å². The highest BCUT2D eigenvalue weighted by Gasteiger charge is 2.35. The number of aromatic nitrogens is 2. The molecule has 7 heteroatoms. The van der Waals surface area contributed by atoms with Crippen molar-refractivity contribution >= 4 is 5.82 Å². The van der Waals surface area contributed by atoms with Crippen molar-refractivity contribution in [3.63, 3.8) is 0 Å². The van der Waals surface area contributed by atoms with Gasteiger partial charge in [0.2, 0.25) is 0 Å². The molecule has 2 aromatic heterocycles. The second-order valence-electron chi connectivity index (χ2n) is 6.76. The lowest BCUT2D eigenvalue weighted by Gasteiger charge is -2.31. The first kappa shape index (κ1) is 16.1. The summed E-state index contributed by atoms with van der Waals surface area (Å²) in [6.07, 6.45) is 3.21. The molecule has 2 aromatic rings. The van der Waals surface area contributed by atoms with Crippen LogP contribution in [0, 0.1) is 24.2 Å². The van der Waals surface area contributed by atoms with Crippen molar-refractivity contribution in [2.24, 2.45) is 5.92 Å². The molecule has 2 bridgehead atoms. The zero-order valence-electron chi connectivity index (χ0n) is 14.3. The van der Waals surface area contributed by atoms with Gasteiger partial charge in [0, 0.05) is 37.9 Å². The average molecular weight is 339 g/mol. The number of hydrogen-bond acceptors (Lipinski definition) is 7. The molecule has 2 aliphatic heterocycles. The van der Waals surface area contributed by atoms with Crippen LogP contribution < -0.4 is 4.90 Å². The molecule has 2 atom stereocenters. The van der Waals surface area contributed by atoms with Gasteiger partial charge in [-0.1, -0.05) is 0 Å². The molecule has 25 heavy (non-hydrogen) atoms. The highest BCUT2D eigenvalue weighted by molar-refractivity contribution is 5.51. The van der Waals surface area contributed by atoms with Crippen molar-refractivity contribution in [1.29, 1.82) is 5.26 Å². The quantitative estimate of drug-likeness (QED) is 0.840. The third-order valence-corrected chi connectivity index (χ3v) is 4.78. The van der Waals surface area contributed by atoms with E-state index in [4.69, 9.17) is 9.15 Å². The first-order valence-electron chi connectivity index (χ1n) is 8.56. The molecule has 4 heterocycles. The molecule has 2 saturated heterocycles. The van der Waals surface area contributed by atoms with Crippen LogP contribution in [0.3, 0.4) is 0 Å². The average Bonchev–Trinajstić information content (AvgIpc) is 2.81. The molecule has 0 unspecified atom stereocenters. The number of aryl methyl sites for hydroxylation is 1. The molecule has 0 N–H and O–H groups in total. The van der Waals surface area contributed by atoms with Crippen LogP contribution in [-0.2, 0) is 11.3 Å². The summed E-state index contributed by atoms with van der Waals surface area (Å²) in [5.74, 6) is 2.95. The fourth-order valence-corrected chi connectivity index (χ4v) is 3.74. The zero-order valence-corrected chi connectivity index (χ0v) is 14.3. The Morgan fingerprint density at radius 2 is 2.08 bits per heavy atom. The molecule has 0 aromatic carbocycles. The zero-order chi connectivity index (χ0) is 17.2. The molecule has 130 valence electrons. The molecule has 0 aliphatic carbocycles. The summed E-state index contributed by atoms with van der Waals surface area (Å²) in [6, 6.07) is 6.35. The summed E-state index contributed by atoms with van der Waals surface area (Å²) in [7, 11) is 0. The van der Waals surface area contributed by atoms with E-state index in [2.05, 4.69) is 25.8 Å². The second-order valence-corrected chi connectivity index (χ2v) is 6.76. The maximum Gasteiger partial charge on any atom is 0.183 e. The Balaban J connectivity index is 1.59. The van der Waals surface area contributed by atoms with Crippen LogP contribution in [0.4, 0.5) is 5.82 Å². The molecule has 0 amide bonds. The number of rotatable bonds is 3. The SMILES string of the molecule is Cc1ccc(CN2C[C@@H]3COC[C@H](C2)N(c2nccnc2C#N)C3)o1. The number of nitriles is 1. The van der Waals surface area contributed by atoms with Gasteiger partial charge < -0.3 is 14.1 Å². The highest BCUT2D eigenvalue weighted by Crippen LogP contribution is 2.26. The molecule has 7 nitrogen and oxygen atoms in total. The van der Waals surface area contributed by atoms with E-state index >= 15 is 0 Å². The van der Waals surface area contributed by atoms with Crippen LogP contribution in [0.5, 0.6) is 0 Å². The summed E-state index contributed by atoms with van der Waals surface area (Å²) in [6.45, 7) is 6.72. The number of anilines is 1. The van der Waals surface area contributed by atoms with Crippen LogP contribution >= 0.6 is 0 Å². The molecular formula is C18H21N5O2. The summed E-state index contributed by atoms with van der Waals surface area (Å²) >= 11 is 0. The Labute approximate surface area is 146 Å². The maximum absolute atomic E-state index is 9.38. The van der Waals surface area contributed by atoms with Gasteiger partial charge in [0.1, 0.15) is 17.6 Å². The van der Waals surface area contributed by atoms with Crippen LogP contribution in [0.1, 0.15) is 17.2 Å². The van der Waals surface area contributed by atoms with Gasteiger partial charge in [-0.25, -0.2) is 9.97 Å². The van der Waals surface area contributed by atoms with Gasteiger partial charge in [0.05, 0.1) is 25.8 Å². The number of nitrogens with zero attached hydrogens (tertiary/aromatic N) is 5. The van der Waals surface area contributed by atoms with E-state index in [1.165, 1.54) is 0 Å². The van der Waals surface area contributed by atoms with Crippen molar-refractivity contribution in [2.45, 2.75) is 19.5 Å². The molecule has 0 spiro atoms. The number of ether oxygens (including phenoxy) is 1. The predicted octanol–water partition coefficient (Wildman–Crippen LogP) is 1.59. The molecule has 2 aliphatic rings. The van der Waals surface area contributed by atoms with Crippen molar-refractivity contribution in [3.05, 3.63) is 41.7 Å². The molecule has 4 rings (SSSR count). The van der Waals surface area contributed by atoms with E-state index in [-0.39, 0.29) is 6.04 Å². The highest BCUT2D eigenvalue weighted by atomic mass is 16.5. The first-order chi connectivity index (χ1) is 12.2. The van der Waals surface area contributed by atoms with E-state index in [1.807, 2.05) is 19.1 Å². The van der Waals surface area contributed by atoms with E-state index in [1.54, 1.807) is 12.4 Å². The Morgan fingerprint density at radius 1 is 1.20 bits per heavy atom. The fourth-order valence-electron chi connectivity index (χ4n) is 3.74. The Bertz CT molecular complexity index is 784. The maximum atomic E-state index is 9.38. The van der Waals surface area contributed by atoms with Gasteiger partial charge in [-0.2, -0.15) is 5.26 Å². The Hall–Kier alpha value is -2.43. The van der Waals surface area contributed by atoms with E-state index in [0.29, 0.717) is 24.0 Å². The summed E-state index contributed by atoms with van der Waals surface area (Å²) < 4.78 is 11.6. The smallest absolute Gasteiger partial charge is 0.183 e. The lowest BCUT2D eigenvalue weighted by Crippen LogP contribution is -2.44. The predicted molar refractivity (Wildman–Crippen MR) is 90.9 cm³/mol. The lowest BCUT2D eigenvalue weighted by molar-refractivity contribution is 0.0605. The number of fused-ring (bicyclic) bond motifs is 3. The largest absolute Gasteiger partial charge is 0.465 e. The fraction of sp³-hybridized carbons (Fsp3) is 0.500. The minimum atomic E-state index is 0.146. The summed E-state index contributed by atoms with van der Waals surface area (Å²) in [5.41, 5.74) is 0.378. The van der Waals surface area contributed by atoms with Crippen LogP contribution in [0.2, 0.25) is 0 Å². The van der Waals surface area contributed by atoms with Crippen LogP contribution in [0.15, 0.2) is 28.9 Å². The molecule has 2 fully saturated rings. The number of furan rings is 1. The van der Waals surface area contributed by atoms with Crippen LogP contribution in [0.25, 0.3) is 0 Å². The Kier molecular flexibility index (Phi) is 4.38. The Morgan fingerprint density at radius 3 is 2.88 bits per heavy atom. The number of hydrogen-bond donors (Lipinski definition) is 0. The van der Waals surface area contributed by atoms with E-state index in [9.17, 15) is 5.26 Å². The standard InChI is InChI=1S/C18H21N5O2/c1-13-2-3-16(25-13)10-22-7-14-8-23(15(9-22)12-24-11-14)18-17(6-19)20-4-5-21-18/h2-5,14-15H,7-12H2,1H3/t14-,15-/m0/s1. The normalized spacial score (nSPS) is 23.9. The van der Waals surface area contributed by atoms with E-state index < -0.39 is 0 Å². The van der Waals surface area contributed by atoms with Gasteiger partial charge in [0.15, 0.2) is 11.5 Å². The summed E-state index contributed by atoms with van der Waals surface area (Å²) in [5, 5.41) is 9.38. The minimum Gasteiger partial charge on any atom is -0.465 e. The van der Waals surface area contributed by atoms with Gasteiger partial charge in [-0.3, -0.25) is 4.90 Å². The topological polar surface area (TPSA) is 78.4 Å². The monoisotopic (exact) mass is 339 g/mol. The first-order valence-corrected chi connectivity index (χ1v) is 8.56. The van der Waals surface area contributed by atoms with Crippen molar-refractivity contribution < 1.29 is 9.15 Å². The van der Waals surface area contributed by atoms with Crippen LogP contribution in [-0.4, -0.2) is 53.8 Å². The van der Waals surface area contributed by atoms with Gasteiger partial charge in [-0.15, -0.1) is 0 Å². The third-order valence-electron chi connectivity index (χ3n) is 4.78. The molecule has 0 saturated carbocycles. The second kappa shape index (κ2) is 6.82. The van der Waals surface area contributed by atoms with Gasteiger partial charge in [-0.05, 0) is 19.1 Å². The van der Waals surface area contributed by atoms with Crippen molar-refractivity contribution in [1.82, 2.24) is 14.9 Å². The molecule has 0 radical (unpaired) electrons. The van der Waals surface area contributed by atoms with Gasteiger partial charge in [0.25, 0.3) is 0 Å².